The first-order valence-corrected chi connectivity index (χ1v) is 9.18. The van der Waals surface area contributed by atoms with Crippen LogP contribution in [-0.4, -0.2) is 24.6 Å². The molecule has 1 aliphatic carbocycles. The lowest BCUT2D eigenvalue weighted by Gasteiger charge is -2.34. The molecular formula is C22H22O5. The van der Waals surface area contributed by atoms with Crippen LogP contribution in [0.1, 0.15) is 42.6 Å². The van der Waals surface area contributed by atoms with Crippen LogP contribution in [0, 0.1) is 5.92 Å². The van der Waals surface area contributed by atoms with Crippen molar-refractivity contribution in [1.82, 2.24) is 0 Å². The molecule has 5 heteroatoms. The van der Waals surface area contributed by atoms with Crippen LogP contribution in [0.2, 0.25) is 0 Å². The highest BCUT2D eigenvalue weighted by atomic mass is 16.8. The molecule has 2 aliphatic rings. The molecule has 1 spiro atoms. The van der Waals surface area contributed by atoms with Crippen molar-refractivity contribution >= 4 is 11.8 Å². The molecule has 0 bridgehead atoms. The van der Waals surface area contributed by atoms with E-state index >= 15 is 0 Å². The van der Waals surface area contributed by atoms with Gasteiger partial charge in [0.05, 0.1) is 7.11 Å². The van der Waals surface area contributed by atoms with E-state index in [9.17, 15) is 9.59 Å². The number of Topliss-reactive ketones (excluding diaryl/α,β-unsaturated/α-hetero) is 1. The molecule has 1 saturated carbocycles. The Kier molecular flexibility index (Phi) is 4.81. The summed E-state index contributed by atoms with van der Waals surface area (Å²) in [6, 6.07) is 19.8. The van der Waals surface area contributed by atoms with Gasteiger partial charge in [-0.1, -0.05) is 60.7 Å². The average molecular weight is 366 g/mol. The molecule has 1 aliphatic heterocycles. The van der Waals surface area contributed by atoms with E-state index in [1.165, 1.54) is 7.11 Å². The van der Waals surface area contributed by atoms with Crippen molar-refractivity contribution in [3.63, 3.8) is 0 Å². The minimum Gasteiger partial charge on any atom is -0.468 e. The van der Waals surface area contributed by atoms with Crippen molar-refractivity contribution in [2.45, 2.75) is 37.3 Å². The third kappa shape index (κ3) is 3.40. The molecule has 2 fully saturated rings. The van der Waals surface area contributed by atoms with Gasteiger partial charge in [-0.2, -0.15) is 0 Å². The maximum absolute atomic E-state index is 12.2. The van der Waals surface area contributed by atoms with Crippen LogP contribution in [0.3, 0.4) is 0 Å². The van der Waals surface area contributed by atoms with Crippen molar-refractivity contribution in [2.75, 3.05) is 7.11 Å². The van der Waals surface area contributed by atoms with Gasteiger partial charge < -0.3 is 14.2 Å². The molecule has 1 heterocycles. The SMILES string of the molecule is COC(=O)C1CC2(CCC1=O)O[C@@H](c1ccccc1)[C@H](c1ccccc1)O2. The standard InChI is InChI=1S/C22H22O5/c1-25-21(24)17-14-22(13-12-18(17)23)26-19(15-8-4-2-5-9-15)20(27-22)16-10-6-3-7-11-16/h2-11,17,19-20H,12-14H2,1H3/t17?,19-,20-/m0/s1. The third-order valence-electron chi connectivity index (χ3n) is 5.36. The minimum atomic E-state index is -0.965. The van der Waals surface area contributed by atoms with Gasteiger partial charge in [0.1, 0.15) is 23.9 Å². The van der Waals surface area contributed by atoms with E-state index in [2.05, 4.69) is 0 Å². The minimum absolute atomic E-state index is 0.112. The summed E-state index contributed by atoms with van der Waals surface area (Å²) in [5.41, 5.74) is 2.02. The Bertz CT molecular complexity index is 762. The number of carbonyl (C=O) groups excluding carboxylic acids is 2. The zero-order chi connectivity index (χ0) is 18.9. The molecule has 2 aromatic rings. The summed E-state index contributed by atoms with van der Waals surface area (Å²) >= 11 is 0. The Morgan fingerprint density at radius 3 is 1.96 bits per heavy atom. The average Bonchev–Trinajstić information content (AvgIpc) is 3.10. The van der Waals surface area contributed by atoms with E-state index in [4.69, 9.17) is 14.2 Å². The largest absolute Gasteiger partial charge is 0.468 e. The van der Waals surface area contributed by atoms with Crippen LogP contribution in [0.4, 0.5) is 0 Å². The summed E-state index contributed by atoms with van der Waals surface area (Å²) in [7, 11) is 1.30. The Labute approximate surface area is 158 Å². The molecule has 140 valence electrons. The monoisotopic (exact) mass is 366 g/mol. The second-order valence-corrected chi connectivity index (χ2v) is 7.06. The molecule has 0 radical (unpaired) electrons. The Morgan fingerprint density at radius 2 is 1.48 bits per heavy atom. The van der Waals surface area contributed by atoms with Crippen molar-refractivity contribution < 1.29 is 23.8 Å². The summed E-state index contributed by atoms with van der Waals surface area (Å²) < 4.78 is 17.7. The van der Waals surface area contributed by atoms with Crippen molar-refractivity contribution in [2.24, 2.45) is 5.92 Å². The number of hydrogen-bond donors (Lipinski definition) is 0. The van der Waals surface area contributed by atoms with Crippen LogP contribution in [-0.2, 0) is 23.8 Å². The van der Waals surface area contributed by atoms with Crippen LogP contribution in [0.5, 0.6) is 0 Å². The normalized spacial score (nSPS) is 26.9. The quantitative estimate of drug-likeness (QED) is 0.611. The smallest absolute Gasteiger partial charge is 0.316 e. The summed E-state index contributed by atoms with van der Waals surface area (Å²) in [6.07, 6.45) is 0.250. The molecule has 1 saturated heterocycles. The maximum atomic E-state index is 12.2. The molecule has 0 N–H and O–H groups in total. The Hall–Kier alpha value is -2.50. The fraction of sp³-hybridized carbons (Fsp3) is 0.364. The van der Waals surface area contributed by atoms with E-state index in [1.807, 2.05) is 60.7 Å². The second-order valence-electron chi connectivity index (χ2n) is 7.06. The molecule has 2 aromatic carbocycles. The molecule has 3 atom stereocenters. The summed E-state index contributed by atoms with van der Waals surface area (Å²) in [4.78, 5) is 24.3. The predicted molar refractivity (Wildman–Crippen MR) is 97.6 cm³/mol. The number of carbonyl (C=O) groups is 2. The van der Waals surface area contributed by atoms with Crippen LogP contribution < -0.4 is 0 Å². The molecule has 27 heavy (non-hydrogen) atoms. The van der Waals surface area contributed by atoms with Gasteiger partial charge >= 0.3 is 5.97 Å². The van der Waals surface area contributed by atoms with Gasteiger partial charge in [0, 0.05) is 19.3 Å². The molecule has 0 amide bonds. The summed E-state index contributed by atoms with van der Waals surface area (Å²) in [5.74, 6) is -2.44. The molecular weight excluding hydrogens is 344 g/mol. The number of rotatable bonds is 3. The zero-order valence-corrected chi connectivity index (χ0v) is 15.2. The van der Waals surface area contributed by atoms with E-state index in [0.29, 0.717) is 6.42 Å². The van der Waals surface area contributed by atoms with Gasteiger partial charge in [0.15, 0.2) is 5.79 Å². The fourth-order valence-corrected chi connectivity index (χ4v) is 3.97. The lowest BCUT2D eigenvalue weighted by atomic mass is 9.83. The number of benzene rings is 2. The number of methoxy groups -OCH3 is 1. The van der Waals surface area contributed by atoms with Crippen LogP contribution in [0.25, 0.3) is 0 Å². The number of ether oxygens (including phenoxy) is 3. The highest BCUT2D eigenvalue weighted by Crippen LogP contribution is 2.52. The lowest BCUT2D eigenvalue weighted by molar-refractivity contribution is -0.208. The molecule has 5 nitrogen and oxygen atoms in total. The van der Waals surface area contributed by atoms with Gasteiger partial charge in [-0.25, -0.2) is 0 Å². The van der Waals surface area contributed by atoms with Gasteiger partial charge in [-0.3, -0.25) is 9.59 Å². The summed E-state index contributed by atoms with van der Waals surface area (Å²) in [5, 5.41) is 0. The first kappa shape index (κ1) is 17.9. The molecule has 0 aromatic heterocycles. The highest BCUT2D eigenvalue weighted by Gasteiger charge is 2.54. The molecule has 1 unspecified atom stereocenters. The van der Waals surface area contributed by atoms with Crippen LogP contribution >= 0.6 is 0 Å². The zero-order valence-electron chi connectivity index (χ0n) is 15.2. The van der Waals surface area contributed by atoms with Gasteiger partial charge in [0.25, 0.3) is 0 Å². The first-order chi connectivity index (χ1) is 13.1. The number of ketones is 1. The van der Waals surface area contributed by atoms with Crippen molar-refractivity contribution in [1.29, 1.82) is 0 Å². The predicted octanol–water partition coefficient (Wildman–Crippen LogP) is 3.75. The van der Waals surface area contributed by atoms with E-state index in [1.54, 1.807) is 0 Å². The lowest BCUT2D eigenvalue weighted by Crippen LogP contribution is -2.43. The first-order valence-electron chi connectivity index (χ1n) is 9.18. The van der Waals surface area contributed by atoms with E-state index in [-0.39, 0.29) is 30.8 Å². The van der Waals surface area contributed by atoms with Gasteiger partial charge in [-0.15, -0.1) is 0 Å². The van der Waals surface area contributed by atoms with Crippen LogP contribution in [0.15, 0.2) is 60.7 Å². The Balaban J connectivity index is 1.68. The van der Waals surface area contributed by atoms with E-state index < -0.39 is 17.7 Å². The van der Waals surface area contributed by atoms with Crippen molar-refractivity contribution in [3.05, 3.63) is 71.8 Å². The fourth-order valence-electron chi connectivity index (χ4n) is 3.97. The second kappa shape index (κ2) is 7.25. The third-order valence-corrected chi connectivity index (χ3v) is 5.36. The topological polar surface area (TPSA) is 61.8 Å². The summed E-state index contributed by atoms with van der Waals surface area (Å²) in [6.45, 7) is 0. The van der Waals surface area contributed by atoms with Gasteiger partial charge in [0.2, 0.25) is 0 Å². The molecule has 4 rings (SSSR count). The van der Waals surface area contributed by atoms with E-state index in [0.717, 1.165) is 11.1 Å². The van der Waals surface area contributed by atoms with Gasteiger partial charge in [-0.05, 0) is 11.1 Å². The Morgan fingerprint density at radius 1 is 0.963 bits per heavy atom. The highest BCUT2D eigenvalue weighted by molar-refractivity contribution is 5.99. The number of hydrogen-bond acceptors (Lipinski definition) is 5. The maximum Gasteiger partial charge on any atom is 0.316 e. The van der Waals surface area contributed by atoms with Crippen molar-refractivity contribution in [3.8, 4) is 0 Å². The number of esters is 1.